The molecule has 6 N–H and O–H groups in total. The highest BCUT2D eigenvalue weighted by atomic mass is 16.4. The van der Waals surface area contributed by atoms with Gasteiger partial charge in [0.2, 0.25) is 5.96 Å². The normalized spacial score (nSPS) is 11.0. The molecule has 0 saturated heterocycles. The van der Waals surface area contributed by atoms with E-state index in [1.807, 2.05) is 0 Å². The summed E-state index contributed by atoms with van der Waals surface area (Å²) in [6.45, 7) is -0.172. The highest BCUT2D eigenvalue weighted by molar-refractivity contribution is 5.81. The first-order valence-corrected chi connectivity index (χ1v) is 3.28. The van der Waals surface area contributed by atoms with E-state index in [0.29, 0.717) is 0 Å². The van der Waals surface area contributed by atoms with E-state index in [0.717, 1.165) is 0 Å². The lowest BCUT2D eigenvalue weighted by atomic mass is 10.6. The number of guanidine groups is 1. The number of carboxylic acid groups (broad SMARTS) is 1. The first kappa shape index (κ1) is 10.7. The Kier molecular flexibility index (Phi) is 5.66. The SMILES string of the molecule is NNC(=NCC(=O)O)NCCO. The van der Waals surface area contributed by atoms with Crippen molar-refractivity contribution in [1.29, 1.82) is 0 Å². The molecule has 0 spiro atoms. The van der Waals surface area contributed by atoms with Crippen LogP contribution in [-0.4, -0.2) is 41.8 Å². The maximum absolute atomic E-state index is 10.0. The van der Waals surface area contributed by atoms with E-state index < -0.39 is 5.97 Å². The predicted octanol–water partition coefficient (Wildman–Crippen LogP) is -2.53. The van der Waals surface area contributed by atoms with Gasteiger partial charge in [-0.2, -0.15) is 0 Å². The summed E-state index contributed by atoms with van der Waals surface area (Å²) < 4.78 is 0. The maximum Gasteiger partial charge on any atom is 0.325 e. The molecule has 0 radical (unpaired) electrons. The molecule has 0 atom stereocenters. The molecule has 0 fully saturated rings. The van der Waals surface area contributed by atoms with Gasteiger partial charge in [-0.05, 0) is 0 Å². The summed E-state index contributed by atoms with van der Waals surface area (Å²) in [5.41, 5.74) is 2.16. The van der Waals surface area contributed by atoms with Crippen molar-refractivity contribution in [2.75, 3.05) is 19.7 Å². The molecule has 12 heavy (non-hydrogen) atoms. The first-order chi connectivity index (χ1) is 5.70. The number of nitrogens with zero attached hydrogens (tertiary/aromatic N) is 1. The number of nitrogens with one attached hydrogen (secondary N) is 2. The Labute approximate surface area is 69.3 Å². The van der Waals surface area contributed by atoms with Crippen molar-refractivity contribution in [2.24, 2.45) is 10.8 Å². The number of hydrogen-bond acceptors (Lipinski definition) is 4. The number of carbonyl (C=O) groups is 1. The summed E-state index contributed by atoms with van der Waals surface area (Å²) in [5.74, 6) is 4.08. The van der Waals surface area contributed by atoms with Crippen LogP contribution in [0.25, 0.3) is 0 Å². The Morgan fingerprint density at radius 1 is 1.58 bits per heavy atom. The van der Waals surface area contributed by atoms with Gasteiger partial charge in [0.15, 0.2) is 0 Å². The molecule has 0 aromatic heterocycles. The van der Waals surface area contributed by atoms with Crippen molar-refractivity contribution in [3.63, 3.8) is 0 Å². The Morgan fingerprint density at radius 3 is 2.67 bits per heavy atom. The maximum atomic E-state index is 10.0. The average Bonchev–Trinajstić information content (AvgIpc) is 2.05. The number of carboxylic acids is 1. The Bertz CT molecular complexity index is 170. The molecule has 0 aromatic carbocycles. The van der Waals surface area contributed by atoms with Gasteiger partial charge >= 0.3 is 5.97 Å². The third-order valence-electron chi connectivity index (χ3n) is 0.913. The van der Waals surface area contributed by atoms with Gasteiger partial charge < -0.3 is 15.5 Å². The van der Waals surface area contributed by atoms with Gasteiger partial charge in [-0.1, -0.05) is 0 Å². The topological polar surface area (TPSA) is 120 Å². The van der Waals surface area contributed by atoms with E-state index in [4.69, 9.17) is 16.1 Å². The van der Waals surface area contributed by atoms with Gasteiger partial charge in [0, 0.05) is 6.54 Å². The van der Waals surface area contributed by atoms with Gasteiger partial charge in [-0.3, -0.25) is 10.2 Å². The number of aliphatic imine (C=N–C) groups is 1. The molecule has 0 heterocycles. The van der Waals surface area contributed by atoms with Crippen molar-refractivity contribution in [2.45, 2.75) is 0 Å². The molecule has 70 valence electrons. The van der Waals surface area contributed by atoms with E-state index in [1.165, 1.54) is 0 Å². The summed E-state index contributed by atoms with van der Waals surface area (Å²) in [5, 5.41) is 19.2. The van der Waals surface area contributed by atoms with Gasteiger partial charge in [0.05, 0.1) is 6.61 Å². The van der Waals surface area contributed by atoms with E-state index in [2.05, 4.69) is 15.7 Å². The van der Waals surface area contributed by atoms with E-state index in [1.54, 1.807) is 0 Å². The number of rotatable bonds is 4. The smallest absolute Gasteiger partial charge is 0.325 e. The second-order valence-corrected chi connectivity index (χ2v) is 1.85. The van der Waals surface area contributed by atoms with Crippen molar-refractivity contribution < 1.29 is 15.0 Å². The second-order valence-electron chi connectivity index (χ2n) is 1.85. The van der Waals surface area contributed by atoms with Crippen LogP contribution in [0.4, 0.5) is 0 Å². The molecule has 0 aromatic rings. The molecule has 7 heteroatoms. The molecule has 0 amide bonds. The minimum atomic E-state index is -1.05. The van der Waals surface area contributed by atoms with Crippen molar-refractivity contribution in [3.8, 4) is 0 Å². The standard InChI is InChI=1S/C5H12N4O3/c6-9-5(7-1-2-10)8-3-4(11)12/h10H,1-3,6H2,(H,11,12)(H2,7,8,9). The Hall–Kier alpha value is -1.34. The number of nitrogens with two attached hydrogens (primary N) is 1. The van der Waals surface area contributed by atoms with Crippen LogP contribution in [0.1, 0.15) is 0 Å². The van der Waals surface area contributed by atoms with Gasteiger partial charge in [-0.15, -0.1) is 0 Å². The molecule has 0 saturated carbocycles. The number of hydrazine groups is 1. The van der Waals surface area contributed by atoms with Crippen molar-refractivity contribution >= 4 is 11.9 Å². The minimum absolute atomic E-state index is 0.0756. The van der Waals surface area contributed by atoms with E-state index in [9.17, 15) is 4.79 Å². The zero-order valence-corrected chi connectivity index (χ0v) is 6.45. The molecular formula is C5H12N4O3. The van der Waals surface area contributed by atoms with Crippen LogP contribution in [0.15, 0.2) is 4.99 Å². The molecule has 7 nitrogen and oxygen atoms in total. The zero-order chi connectivity index (χ0) is 9.40. The molecular weight excluding hydrogens is 164 g/mol. The zero-order valence-electron chi connectivity index (χ0n) is 6.45. The van der Waals surface area contributed by atoms with Crippen molar-refractivity contribution in [3.05, 3.63) is 0 Å². The number of aliphatic hydroxyl groups is 1. The Morgan fingerprint density at radius 2 is 2.25 bits per heavy atom. The summed E-state index contributed by atoms with van der Waals surface area (Å²) in [4.78, 5) is 13.6. The molecule has 0 aliphatic rings. The van der Waals surface area contributed by atoms with Crippen LogP contribution in [0.5, 0.6) is 0 Å². The fourth-order valence-electron chi connectivity index (χ4n) is 0.474. The predicted molar refractivity (Wildman–Crippen MR) is 42.3 cm³/mol. The monoisotopic (exact) mass is 176 g/mol. The third-order valence-corrected chi connectivity index (χ3v) is 0.913. The van der Waals surface area contributed by atoms with Gasteiger partial charge in [0.1, 0.15) is 6.54 Å². The van der Waals surface area contributed by atoms with Gasteiger partial charge in [-0.25, -0.2) is 10.8 Å². The lowest BCUT2D eigenvalue weighted by Crippen LogP contribution is -2.43. The number of aliphatic carboxylic acids is 1. The largest absolute Gasteiger partial charge is 0.480 e. The summed E-state index contributed by atoms with van der Waals surface area (Å²) in [7, 11) is 0. The second kappa shape index (κ2) is 6.38. The van der Waals surface area contributed by atoms with E-state index >= 15 is 0 Å². The minimum Gasteiger partial charge on any atom is -0.480 e. The summed E-state index contributed by atoms with van der Waals surface area (Å²) in [6.07, 6.45) is 0. The highest BCUT2D eigenvalue weighted by Gasteiger charge is 1.96. The lowest BCUT2D eigenvalue weighted by molar-refractivity contribution is -0.135. The fraction of sp³-hybridized carbons (Fsp3) is 0.600. The molecule has 0 aliphatic carbocycles. The van der Waals surface area contributed by atoms with Crippen molar-refractivity contribution in [1.82, 2.24) is 10.7 Å². The quantitative estimate of drug-likeness (QED) is 0.139. The molecule has 0 aliphatic heterocycles. The number of hydrogen-bond donors (Lipinski definition) is 5. The molecule has 0 bridgehead atoms. The van der Waals surface area contributed by atoms with Crippen LogP contribution in [0, 0.1) is 0 Å². The molecule has 0 rings (SSSR count). The highest BCUT2D eigenvalue weighted by Crippen LogP contribution is 1.71. The van der Waals surface area contributed by atoms with Crippen LogP contribution in [0.2, 0.25) is 0 Å². The fourth-order valence-corrected chi connectivity index (χ4v) is 0.474. The molecule has 0 unspecified atom stereocenters. The van der Waals surface area contributed by atoms with Gasteiger partial charge in [0.25, 0.3) is 0 Å². The number of aliphatic hydroxyl groups excluding tert-OH is 1. The summed E-state index contributed by atoms with van der Waals surface area (Å²) >= 11 is 0. The Balaban J connectivity index is 3.78. The first-order valence-electron chi connectivity index (χ1n) is 3.28. The average molecular weight is 176 g/mol. The van der Waals surface area contributed by atoms with Crippen LogP contribution in [0.3, 0.4) is 0 Å². The van der Waals surface area contributed by atoms with Crippen LogP contribution in [-0.2, 0) is 4.79 Å². The van der Waals surface area contributed by atoms with Crippen LogP contribution < -0.4 is 16.6 Å². The van der Waals surface area contributed by atoms with Crippen LogP contribution >= 0.6 is 0 Å². The third kappa shape index (κ3) is 5.45. The van der Waals surface area contributed by atoms with E-state index in [-0.39, 0.29) is 25.7 Å². The lowest BCUT2D eigenvalue weighted by Gasteiger charge is -2.05. The summed E-state index contributed by atoms with van der Waals surface area (Å²) in [6, 6.07) is 0.